The van der Waals surface area contributed by atoms with Gasteiger partial charge in [-0.25, -0.2) is 4.98 Å². The SMILES string of the molecule is N=C(N)c1ccc2nc(-c3cc(CCC(=O)NCCCc4ccccc4)cc(Br)c3O)[nH]c2c1. The molecule has 0 radical (unpaired) electrons. The van der Waals surface area contributed by atoms with Gasteiger partial charge in [0.25, 0.3) is 0 Å². The number of nitrogens with zero attached hydrogens (tertiary/aromatic N) is 1. The number of fused-ring (bicyclic) bond motifs is 1. The summed E-state index contributed by atoms with van der Waals surface area (Å²) in [4.78, 5) is 20.1. The predicted octanol–water partition coefficient (Wildman–Crippen LogP) is 4.66. The Balaban J connectivity index is 1.40. The van der Waals surface area contributed by atoms with Gasteiger partial charge in [0.15, 0.2) is 0 Å². The first-order valence-electron chi connectivity index (χ1n) is 11.1. The molecule has 0 unspecified atom stereocenters. The number of aryl methyl sites for hydroxylation is 2. The van der Waals surface area contributed by atoms with E-state index in [1.165, 1.54) is 5.56 Å². The molecule has 0 saturated heterocycles. The van der Waals surface area contributed by atoms with Crippen molar-refractivity contribution in [3.8, 4) is 17.1 Å². The number of benzene rings is 3. The van der Waals surface area contributed by atoms with Crippen LogP contribution in [0.5, 0.6) is 5.75 Å². The summed E-state index contributed by atoms with van der Waals surface area (Å²) in [6.45, 7) is 0.638. The minimum absolute atomic E-state index is 0.000640. The number of hydrogen-bond acceptors (Lipinski definition) is 4. The molecule has 4 rings (SSSR count). The zero-order valence-electron chi connectivity index (χ0n) is 18.6. The van der Waals surface area contributed by atoms with Crippen molar-refractivity contribution in [1.29, 1.82) is 5.41 Å². The number of aromatic amines is 1. The molecule has 4 aromatic rings. The molecule has 0 atom stereocenters. The van der Waals surface area contributed by atoms with Gasteiger partial charge in [0.05, 0.1) is 21.1 Å². The smallest absolute Gasteiger partial charge is 0.220 e. The molecule has 0 aliphatic heterocycles. The fourth-order valence-corrected chi connectivity index (χ4v) is 4.30. The van der Waals surface area contributed by atoms with Gasteiger partial charge in [-0.3, -0.25) is 10.2 Å². The number of amidine groups is 1. The van der Waals surface area contributed by atoms with Crippen LogP contribution in [0.3, 0.4) is 0 Å². The third-order valence-electron chi connectivity index (χ3n) is 5.62. The first kappa shape index (κ1) is 23.5. The van der Waals surface area contributed by atoms with Crippen LogP contribution in [0.2, 0.25) is 0 Å². The summed E-state index contributed by atoms with van der Waals surface area (Å²) in [5, 5.41) is 21.2. The first-order valence-corrected chi connectivity index (χ1v) is 11.9. The number of phenols is 1. The molecule has 0 aliphatic carbocycles. The van der Waals surface area contributed by atoms with E-state index >= 15 is 0 Å². The molecule has 0 fully saturated rings. The molecule has 0 bridgehead atoms. The lowest BCUT2D eigenvalue weighted by molar-refractivity contribution is -0.121. The normalized spacial score (nSPS) is 11.0. The number of H-pyrrole nitrogens is 1. The second kappa shape index (κ2) is 10.5. The van der Waals surface area contributed by atoms with Crippen LogP contribution in [-0.4, -0.2) is 33.4 Å². The lowest BCUT2D eigenvalue weighted by atomic mass is 10.0. The van der Waals surface area contributed by atoms with Crippen molar-refractivity contribution in [3.05, 3.63) is 81.8 Å². The number of nitrogens with one attached hydrogen (secondary N) is 3. The van der Waals surface area contributed by atoms with Crippen molar-refractivity contribution in [3.63, 3.8) is 0 Å². The number of nitrogen functional groups attached to an aromatic ring is 1. The van der Waals surface area contributed by atoms with Gasteiger partial charge in [0, 0.05) is 18.5 Å². The van der Waals surface area contributed by atoms with Crippen molar-refractivity contribution in [2.75, 3.05) is 6.54 Å². The highest BCUT2D eigenvalue weighted by atomic mass is 79.9. The standard InChI is InChI=1S/C26H26BrN5O2/c27-20-14-17(8-11-23(33)30-12-4-7-16-5-2-1-3-6-16)13-19(24(20)34)26-31-21-10-9-18(25(28)29)15-22(21)32-26/h1-3,5-6,9-10,13-15,34H,4,7-8,11-12H2,(H3,28,29)(H,30,33)(H,31,32). The molecule has 0 aliphatic rings. The number of phenolic OH excluding ortho intramolecular Hbond substituents is 1. The van der Waals surface area contributed by atoms with Crippen LogP contribution in [-0.2, 0) is 17.6 Å². The van der Waals surface area contributed by atoms with Crippen LogP contribution < -0.4 is 11.1 Å². The third-order valence-corrected chi connectivity index (χ3v) is 6.22. The monoisotopic (exact) mass is 519 g/mol. The second-order valence-electron chi connectivity index (χ2n) is 8.14. The molecule has 1 aromatic heterocycles. The Morgan fingerprint density at radius 3 is 2.65 bits per heavy atom. The van der Waals surface area contributed by atoms with Gasteiger partial charge in [-0.1, -0.05) is 30.3 Å². The molecule has 7 nitrogen and oxygen atoms in total. The van der Waals surface area contributed by atoms with Gasteiger partial charge in [0.1, 0.15) is 17.4 Å². The van der Waals surface area contributed by atoms with Gasteiger partial charge in [-0.05, 0) is 76.7 Å². The largest absolute Gasteiger partial charge is 0.506 e. The summed E-state index contributed by atoms with van der Waals surface area (Å²) >= 11 is 3.41. The molecule has 174 valence electrons. The highest BCUT2D eigenvalue weighted by Gasteiger charge is 2.15. The Morgan fingerprint density at radius 2 is 1.88 bits per heavy atom. The average Bonchev–Trinajstić information content (AvgIpc) is 3.26. The number of hydrogen-bond donors (Lipinski definition) is 5. The van der Waals surface area contributed by atoms with Gasteiger partial charge >= 0.3 is 0 Å². The molecule has 1 amide bonds. The van der Waals surface area contributed by atoms with Crippen LogP contribution in [0.4, 0.5) is 0 Å². The Kier molecular flexibility index (Phi) is 7.27. The molecular weight excluding hydrogens is 494 g/mol. The van der Waals surface area contributed by atoms with E-state index in [0.717, 1.165) is 23.9 Å². The van der Waals surface area contributed by atoms with Crippen LogP contribution in [0.1, 0.15) is 29.5 Å². The summed E-state index contributed by atoms with van der Waals surface area (Å²) in [5.41, 5.74) is 10.3. The average molecular weight is 520 g/mol. The van der Waals surface area contributed by atoms with Crippen LogP contribution in [0, 0.1) is 5.41 Å². The second-order valence-corrected chi connectivity index (χ2v) is 9.00. The molecule has 34 heavy (non-hydrogen) atoms. The fourth-order valence-electron chi connectivity index (χ4n) is 3.80. The van der Waals surface area contributed by atoms with Gasteiger partial charge in [-0.15, -0.1) is 0 Å². The van der Waals surface area contributed by atoms with Crippen molar-refractivity contribution < 1.29 is 9.90 Å². The number of imidazole rings is 1. The zero-order valence-corrected chi connectivity index (χ0v) is 20.2. The highest BCUT2D eigenvalue weighted by molar-refractivity contribution is 9.10. The molecule has 3 aromatic carbocycles. The minimum atomic E-state index is -0.0241. The Bertz CT molecular complexity index is 1330. The maximum absolute atomic E-state index is 12.3. The quantitative estimate of drug-likeness (QED) is 0.125. The predicted molar refractivity (Wildman–Crippen MR) is 138 cm³/mol. The maximum Gasteiger partial charge on any atom is 0.220 e. The lowest BCUT2D eigenvalue weighted by Crippen LogP contribution is -2.25. The summed E-state index contributed by atoms with van der Waals surface area (Å²) in [7, 11) is 0. The maximum atomic E-state index is 12.3. The Hall–Kier alpha value is -3.65. The fraction of sp³-hybridized carbons (Fsp3) is 0.192. The van der Waals surface area contributed by atoms with E-state index in [1.807, 2.05) is 30.3 Å². The molecule has 0 spiro atoms. The third kappa shape index (κ3) is 5.63. The van der Waals surface area contributed by atoms with Crippen molar-refractivity contribution in [1.82, 2.24) is 15.3 Å². The number of nitrogens with two attached hydrogens (primary N) is 1. The number of carbonyl (C=O) groups excluding carboxylic acids is 1. The van der Waals surface area contributed by atoms with E-state index in [9.17, 15) is 9.90 Å². The molecule has 8 heteroatoms. The number of aromatic hydroxyl groups is 1. The highest BCUT2D eigenvalue weighted by Crippen LogP contribution is 2.36. The Morgan fingerprint density at radius 1 is 1.09 bits per heavy atom. The molecule has 1 heterocycles. The van der Waals surface area contributed by atoms with E-state index in [0.29, 0.717) is 46.3 Å². The molecule has 0 saturated carbocycles. The number of rotatable bonds is 9. The number of halogens is 1. The number of amides is 1. The Labute approximate surface area is 206 Å². The molecular formula is C26H26BrN5O2. The van der Waals surface area contributed by atoms with Crippen molar-refractivity contribution in [2.45, 2.75) is 25.7 Å². The van der Waals surface area contributed by atoms with Gasteiger partial charge in [0.2, 0.25) is 5.91 Å². The van der Waals surface area contributed by atoms with Crippen LogP contribution in [0.25, 0.3) is 22.4 Å². The van der Waals surface area contributed by atoms with Crippen molar-refractivity contribution >= 4 is 38.7 Å². The summed E-state index contributed by atoms with van der Waals surface area (Å²) in [6.07, 6.45) is 2.71. The van der Waals surface area contributed by atoms with E-state index in [-0.39, 0.29) is 17.5 Å². The van der Waals surface area contributed by atoms with Gasteiger partial charge in [-0.2, -0.15) is 0 Å². The van der Waals surface area contributed by atoms with Crippen LogP contribution in [0.15, 0.2) is 65.1 Å². The first-order chi connectivity index (χ1) is 16.4. The minimum Gasteiger partial charge on any atom is -0.506 e. The lowest BCUT2D eigenvalue weighted by Gasteiger charge is -2.09. The van der Waals surface area contributed by atoms with Crippen molar-refractivity contribution in [2.24, 2.45) is 5.73 Å². The van der Waals surface area contributed by atoms with E-state index in [2.05, 4.69) is 43.3 Å². The summed E-state index contributed by atoms with van der Waals surface area (Å²) < 4.78 is 0.535. The van der Waals surface area contributed by atoms with Gasteiger partial charge < -0.3 is 21.1 Å². The van der Waals surface area contributed by atoms with E-state index < -0.39 is 0 Å². The van der Waals surface area contributed by atoms with Crippen LogP contribution >= 0.6 is 15.9 Å². The number of aromatic nitrogens is 2. The zero-order chi connectivity index (χ0) is 24.1. The summed E-state index contributed by atoms with van der Waals surface area (Å²) in [6, 6.07) is 19.1. The topological polar surface area (TPSA) is 128 Å². The number of carbonyl (C=O) groups is 1. The summed E-state index contributed by atoms with van der Waals surface area (Å²) in [5.74, 6) is 0.546. The van der Waals surface area contributed by atoms with E-state index in [4.69, 9.17) is 11.1 Å². The molecule has 6 N–H and O–H groups in total. The van der Waals surface area contributed by atoms with E-state index in [1.54, 1.807) is 18.2 Å².